The van der Waals surface area contributed by atoms with Gasteiger partial charge in [0.25, 0.3) is 5.91 Å². The zero-order valence-corrected chi connectivity index (χ0v) is 15.5. The smallest absolute Gasteiger partial charge is 0.276 e. The van der Waals surface area contributed by atoms with Crippen LogP contribution in [0.25, 0.3) is 10.9 Å². The van der Waals surface area contributed by atoms with Crippen LogP contribution in [0.3, 0.4) is 0 Å². The summed E-state index contributed by atoms with van der Waals surface area (Å²) in [6, 6.07) is 12.9. The van der Waals surface area contributed by atoms with Crippen LogP contribution < -0.4 is 16.2 Å². The van der Waals surface area contributed by atoms with Gasteiger partial charge in [0.05, 0.1) is 10.5 Å². The third-order valence-electron chi connectivity index (χ3n) is 4.29. The molecule has 0 saturated carbocycles. The molecule has 7 nitrogen and oxygen atoms in total. The fourth-order valence-corrected chi connectivity index (χ4v) is 2.98. The van der Waals surface area contributed by atoms with Crippen LogP contribution in [0.1, 0.15) is 21.6 Å². The molecule has 0 radical (unpaired) electrons. The third kappa shape index (κ3) is 3.89. The largest absolute Gasteiger partial charge is 0.489 e. The second kappa shape index (κ2) is 7.69. The summed E-state index contributed by atoms with van der Waals surface area (Å²) in [4.78, 5) is 16.4. The monoisotopic (exact) mass is 385 g/mol. The molecule has 0 aliphatic rings. The van der Waals surface area contributed by atoms with Crippen molar-refractivity contribution in [2.75, 3.05) is 7.05 Å². The number of halogens is 1. The van der Waals surface area contributed by atoms with Crippen LogP contribution >= 0.6 is 11.6 Å². The molecule has 0 bridgehead atoms. The zero-order valence-electron chi connectivity index (χ0n) is 14.8. The summed E-state index contributed by atoms with van der Waals surface area (Å²) in [5, 5.41) is 8.52. The lowest BCUT2D eigenvalue weighted by Crippen LogP contribution is -2.38. The van der Waals surface area contributed by atoms with Crippen LogP contribution in [0, 0.1) is 5.41 Å². The lowest BCUT2D eigenvalue weighted by Gasteiger charge is -2.12. The molecule has 27 heavy (non-hydrogen) atoms. The van der Waals surface area contributed by atoms with Crippen LogP contribution in [-0.4, -0.2) is 28.8 Å². The highest BCUT2D eigenvalue weighted by atomic mass is 35.5. The number of aromatic amines is 1. The molecule has 6 N–H and O–H groups in total. The van der Waals surface area contributed by atoms with E-state index in [0.717, 1.165) is 16.0 Å². The number of amides is 1. The summed E-state index contributed by atoms with van der Waals surface area (Å²) in [6.07, 6.45) is 0. The van der Waals surface area contributed by atoms with Gasteiger partial charge in [0, 0.05) is 25.0 Å². The topological polar surface area (TPSA) is 121 Å². The number of carbonyl (C=O) groups is 1. The van der Waals surface area contributed by atoms with Crippen molar-refractivity contribution in [3.05, 3.63) is 64.3 Å². The van der Waals surface area contributed by atoms with Gasteiger partial charge in [-0.15, -0.1) is 0 Å². The van der Waals surface area contributed by atoms with E-state index in [1.165, 1.54) is 7.05 Å². The van der Waals surface area contributed by atoms with Crippen LogP contribution in [0.5, 0.6) is 5.75 Å². The van der Waals surface area contributed by atoms with Crippen molar-refractivity contribution in [3.63, 3.8) is 0 Å². The van der Waals surface area contributed by atoms with Crippen molar-refractivity contribution in [2.45, 2.75) is 13.2 Å². The standard InChI is InChI=1S/C19H20ClN5O2/c1-25(19(22)23)18(26)17-8-14-15(20)6-13(7-16(14)24-17)27-10-12-5-3-2-4-11(12)9-21/h2-8,24H,9-10,21H2,1H3,(H3,22,23). The second-order valence-electron chi connectivity index (χ2n) is 6.06. The van der Waals surface area contributed by atoms with Gasteiger partial charge < -0.3 is 21.2 Å². The van der Waals surface area contributed by atoms with Crippen LogP contribution in [0.4, 0.5) is 0 Å². The van der Waals surface area contributed by atoms with E-state index in [4.69, 9.17) is 33.2 Å². The lowest BCUT2D eigenvalue weighted by atomic mass is 10.1. The van der Waals surface area contributed by atoms with Crippen LogP contribution in [0.15, 0.2) is 42.5 Å². The predicted octanol–water partition coefficient (Wildman–Crippen LogP) is 2.82. The Morgan fingerprint density at radius 1 is 1.26 bits per heavy atom. The molecular weight excluding hydrogens is 366 g/mol. The molecule has 2 aromatic carbocycles. The molecule has 1 amide bonds. The molecule has 0 fully saturated rings. The van der Waals surface area contributed by atoms with E-state index in [1.807, 2.05) is 24.3 Å². The molecule has 0 unspecified atom stereocenters. The van der Waals surface area contributed by atoms with Gasteiger partial charge in [-0.2, -0.15) is 0 Å². The van der Waals surface area contributed by atoms with Gasteiger partial charge >= 0.3 is 0 Å². The van der Waals surface area contributed by atoms with E-state index < -0.39 is 5.91 Å². The maximum atomic E-state index is 12.3. The summed E-state index contributed by atoms with van der Waals surface area (Å²) in [7, 11) is 1.43. The number of rotatable bonds is 5. The summed E-state index contributed by atoms with van der Waals surface area (Å²) in [5.74, 6) is -0.193. The molecular formula is C19H20ClN5O2. The highest BCUT2D eigenvalue weighted by Gasteiger charge is 2.18. The molecule has 8 heteroatoms. The Balaban J connectivity index is 1.86. The zero-order chi connectivity index (χ0) is 19.6. The van der Waals surface area contributed by atoms with Crippen LogP contribution in [-0.2, 0) is 13.2 Å². The SMILES string of the molecule is CN(C(=N)N)C(=O)c1cc2c(Cl)cc(OCc3ccccc3CN)cc2[nH]1. The van der Waals surface area contributed by atoms with Gasteiger partial charge in [0.2, 0.25) is 0 Å². The average molecular weight is 386 g/mol. The van der Waals surface area contributed by atoms with E-state index in [2.05, 4.69) is 4.98 Å². The number of hydrogen-bond acceptors (Lipinski definition) is 4. The minimum absolute atomic E-state index is 0.287. The minimum atomic E-state index is -0.422. The van der Waals surface area contributed by atoms with Crippen molar-refractivity contribution in [2.24, 2.45) is 11.5 Å². The van der Waals surface area contributed by atoms with Crippen molar-refractivity contribution >= 4 is 34.4 Å². The molecule has 1 heterocycles. The third-order valence-corrected chi connectivity index (χ3v) is 4.60. The molecule has 140 valence electrons. The first-order chi connectivity index (χ1) is 12.9. The van der Waals surface area contributed by atoms with Crippen molar-refractivity contribution in [1.29, 1.82) is 5.41 Å². The van der Waals surface area contributed by atoms with Gasteiger partial charge in [0.15, 0.2) is 5.96 Å². The Bertz CT molecular complexity index is 1010. The highest BCUT2D eigenvalue weighted by Crippen LogP contribution is 2.30. The van der Waals surface area contributed by atoms with E-state index >= 15 is 0 Å². The van der Waals surface area contributed by atoms with E-state index in [9.17, 15) is 4.79 Å². The molecule has 3 rings (SSSR count). The normalized spacial score (nSPS) is 10.8. The Morgan fingerprint density at radius 2 is 1.96 bits per heavy atom. The molecule has 3 aromatic rings. The summed E-state index contributed by atoms with van der Waals surface area (Å²) >= 11 is 6.35. The number of nitrogens with zero attached hydrogens (tertiary/aromatic N) is 1. The molecule has 0 atom stereocenters. The van der Waals surface area contributed by atoms with Gasteiger partial charge in [-0.05, 0) is 23.3 Å². The quantitative estimate of drug-likeness (QED) is 0.398. The van der Waals surface area contributed by atoms with Crippen molar-refractivity contribution in [1.82, 2.24) is 9.88 Å². The number of aromatic nitrogens is 1. The average Bonchev–Trinajstić information content (AvgIpc) is 3.10. The Labute approximate surface area is 161 Å². The number of hydrogen-bond donors (Lipinski definition) is 4. The Morgan fingerprint density at radius 3 is 2.63 bits per heavy atom. The predicted molar refractivity (Wildman–Crippen MR) is 106 cm³/mol. The first-order valence-corrected chi connectivity index (χ1v) is 8.62. The second-order valence-corrected chi connectivity index (χ2v) is 6.47. The van der Waals surface area contributed by atoms with Gasteiger partial charge in [0.1, 0.15) is 18.1 Å². The lowest BCUT2D eigenvalue weighted by molar-refractivity contribution is 0.0864. The number of ether oxygens (including phenoxy) is 1. The number of fused-ring (bicyclic) bond motifs is 1. The number of guanidine groups is 1. The molecule has 0 saturated heterocycles. The number of nitrogens with one attached hydrogen (secondary N) is 2. The Hall–Kier alpha value is -3.03. The van der Waals surface area contributed by atoms with E-state index in [1.54, 1.807) is 18.2 Å². The highest BCUT2D eigenvalue weighted by molar-refractivity contribution is 6.35. The van der Waals surface area contributed by atoms with E-state index in [-0.39, 0.29) is 11.7 Å². The molecule has 0 spiro atoms. The maximum Gasteiger partial charge on any atom is 0.276 e. The summed E-state index contributed by atoms with van der Waals surface area (Å²) < 4.78 is 5.87. The summed E-state index contributed by atoms with van der Waals surface area (Å²) in [6.45, 7) is 0.792. The maximum absolute atomic E-state index is 12.3. The number of benzene rings is 2. The molecule has 1 aromatic heterocycles. The first kappa shape index (κ1) is 18.8. The fraction of sp³-hybridized carbons (Fsp3) is 0.158. The molecule has 0 aliphatic heterocycles. The van der Waals surface area contributed by atoms with Gasteiger partial charge in [-0.3, -0.25) is 15.1 Å². The van der Waals surface area contributed by atoms with Crippen LogP contribution in [0.2, 0.25) is 5.02 Å². The molecule has 0 aliphatic carbocycles. The Kier molecular flexibility index (Phi) is 5.34. The summed E-state index contributed by atoms with van der Waals surface area (Å²) in [5.41, 5.74) is 14.1. The first-order valence-electron chi connectivity index (χ1n) is 8.24. The van der Waals surface area contributed by atoms with Gasteiger partial charge in [-0.25, -0.2) is 0 Å². The van der Waals surface area contributed by atoms with Crippen molar-refractivity contribution < 1.29 is 9.53 Å². The van der Waals surface area contributed by atoms with Crippen molar-refractivity contribution in [3.8, 4) is 5.75 Å². The van der Waals surface area contributed by atoms with E-state index in [0.29, 0.717) is 34.8 Å². The number of carbonyl (C=O) groups excluding carboxylic acids is 1. The number of nitrogens with two attached hydrogens (primary N) is 2. The number of H-pyrrole nitrogens is 1. The van der Waals surface area contributed by atoms with Gasteiger partial charge in [-0.1, -0.05) is 35.9 Å². The minimum Gasteiger partial charge on any atom is -0.489 e. The fourth-order valence-electron chi connectivity index (χ4n) is 2.72.